The van der Waals surface area contributed by atoms with Gasteiger partial charge >= 0.3 is 0 Å². The van der Waals surface area contributed by atoms with E-state index in [0.717, 1.165) is 4.68 Å². The Labute approximate surface area is 171 Å². The van der Waals surface area contributed by atoms with Crippen LogP contribution in [-0.2, 0) is 20.2 Å². The van der Waals surface area contributed by atoms with Crippen LogP contribution >= 0.6 is 0 Å². The molecular weight excluding hydrogens is 444 g/mol. The summed E-state index contributed by atoms with van der Waals surface area (Å²) in [7, 11) is -6.98. The number of rotatable bonds is 10. The maximum absolute atomic E-state index is 10.9. The molecule has 0 aromatic carbocycles. The van der Waals surface area contributed by atoms with Gasteiger partial charge in [-0.25, -0.2) is 0 Å². The smallest absolute Gasteiger partial charge is 0.266 e. The van der Waals surface area contributed by atoms with Gasteiger partial charge in [0, 0.05) is 20.1 Å². The van der Waals surface area contributed by atoms with Gasteiger partial charge < -0.3 is 16.4 Å². The van der Waals surface area contributed by atoms with Gasteiger partial charge in [0.25, 0.3) is 26.2 Å². The maximum atomic E-state index is 10.9. The van der Waals surface area contributed by atoms with Crippen molar-refractivity contribution in [3.63, 3.8) is 0 Å². The fourth-order valence-electron chi connectivity index (χ4n) is 2.11. The summed E-state index contributed by atoms with van der Waals surface area (Å²) in [5, 5.41) is 16.9. The summed E-state index contributed by atoms with van der Waals surface area (Å²) in [6, 6.07) is 0. The number of hydrogen-bond donors (Lipinski definition) is 5. The highest BCUT2D eigenvalue weighted by Gasteiger charge is 2.18. The monoisotopic (exact) mass is 464 g/mol. The Morgan fingerprint density at radius 3 is 1.93 bits per heavy atom. The zero-order valence-corrected chi connectivity index (χ0v) is 17.5. The highest BCUT2D eigenvalue weighted by molar-refractivity contribution is 7.86. The molecule has 0 atom stereocenters. The van der Waals surface area contributed by atoms with Crippen LogP contribution in [0.2, 0.25) is 0 Å². The number of aromatic nitrogens is 5. The number of nitrogens with zero attached hydrogens (tertiary/aromatic N) is 7. The van der Waals surface area contributed by atoms with Gasteiger partial charge in [0.15, 0.2) is 11.5 Å². The summed E-state index contributed by atoms with van der Waals surface area (Å²) < 4.78 is 62.3. The molecule has 0 saturated heterocycles. The zero-order chi connectivity index (χ0) is 22.5. The van der Waals surface area contributed by atoms with E-state index in [0.29, 0.717) is 11.4 Å². The molecule has 18 heteroatoms. The van der Waals surface area contributed by atoms with E-state index in [9.17, 15) is 16.8 Å². The number of nitrogen functional groups attached to an aromatic ring is 1. The van der Waals surface area contributed by atoms with Gasteiger partial charge in [0.2, 0.25) is 11.9 Å². The van der Waals surface area contributed by atoms with Crippen LogP contribution in [0.4, 0.5) is 23.4 Å². The first-order valence-electron chi connectivity index (χ1n) is 8.19. The number of nitrogens with two attached hydrogens (primary N) is 1. The van der Waals surface area contributed by atoms with E-state index in [1.54, 1.807) is 6.92 Å². The molecule has 0 unspecified atom stereocenters. The Kier molecular flexibility index (Phi) is 7.18. The minimum absolute atomic E-state index is 0.0667. The summed E-state index contributed by atoms with van der Waals surface area (Å²) in [6.45, 7) is 1.18. The summed E-state index contributed by atoms with van der Waals surface area (Å²) in [4.78, 5) is 12.1. The van der Waals surface area contributed by atoms with Crippen molar-refractivity contribution in [2.45, 2.75) is 6.92 Å². The summed E-state index contributed by atoms with van der Waals surface area (Å²) in [5.74, 6) is -1.45. The fourth-order valence-corrected chi connectivity index (χ4v) is 2.83. The lowest BCUT2D eigenvalue weighted by Gasteiger charge is -2.10. The lowest BCUT2D eigenvalue weighted by Crippen LogP contribution is -2.20. The van der Waals surface area contributed by atoms with Gasteiger partial charge in [-0.05, 0) is 6.92 Å². The highest BCUT2D eigenvalue weighted by Crippen LogP contribution is 2.28. The molecule has 0 bridgehead atoms. The zero-order valence-electron chi connectivity index (χ0n) is 15.9. The fraction of sp³-hybridized carbons (Fsp3) is 0.500. The van der Waals surface area contributed by atoms with Gasteiger partial charge in [-0.15, -0.1) is 0 Å². The second-order valence-corrected chi connectivity index (χ2v) is 8.88. The van der Waals surface area contributed by atoms with Crippen LogP contribution in [-0.4, -0.2) is 82.3 Å². The third kappa shape index (κ3) is 6.83. The van der Waals surface area contributed by atoms with Crippen LogP contribution in [0.3, 0.4) is 0 Å². The summed E-state index contributed by atoms with van der Waals surface area (Å²) >= 11 is 0. The number of aryl methyl sites for hydroxylation is 1. The minimum Gasteiger partial charge on any atom is -0.382 e. The highest BCUT2D eigenvalue weighted by atomic mass is 32.2. The second kappa shape index (κ2) is 9.24. The van der Waals surface area contributed by atoms with Crippen molar-refractivity contribution >= 4 is 43.6 Å². The normalized spacial score (nSPS) is 12.4. The lowest BCUT2D eigenvalue weighted by atomic mass is 10.4. The molecule has 0 spiro atoms. The Morgan fingerprint density at radius 1 is 1.00 bits per heavy atom. The van der Waals surface area contributed by atoms with E-state index < -0.39 is 31.7 Å². The van der Waals surface area contributed by atoms with Gasteiger partial charge in [-0.2, -0.15) is 51.8 Å². The molecule has 0 fully saturated rings. The number of hydrogen-bond acceptors (Lipinski definition) is 13. The summed E-state index contributed by atoms with van der Waals surface area (Å²) in [5.41, 5.74) is 6.74. The first-order chi connectivity index (χ1) is 13.9. The molecule has 2 aromatic heterocycles. The molecule has 2 aromatic rings. The van der Waals surface area contributed by atoms with Crippen molar-refractivity contribution < 1.29 is 25.9 Å². The van der Waals surface area contributed by atoms with E-state index in [2.05, 4.69) is 40.9 Å². The quantitative estimate of drug-likeness (QED) is 0.215. The van der Waals surface area contributed by atoms with Crippen molar-refractivity contribution in [3.05, 3.63) is 5.69 Å². The summed E-state index contributed by atoms with van der Waals surface area (Å²) in [6.07, 6.45) is 0. The third-order valence-electron chi connectivity index (χ3n) is 3.36. The number of azo groups is 1. The van der Waals surface area contributed by atoms with E-state index in [1.807, 2.05) is 0 Å². The van der Waals surface area contributed by atoms with Crippen LogP contribution in [0.1, 0.15) is 5.69 Å². The van der Waals surface area contributed by atoms with E-state index in [4.69, 9.17) is 14.8 Å². The van der Waals surface area contributed by atoms with Crippen LogP contribution in [0.5, 0.6) is 0 Å². The second-order valence-electron chi connectivity index (χ2n) is 5.74. The topological polar surface area (TPSA) is 240 Å². The minimum atomic E-state index is -4.22. The average Bonchev–Trinajstić information content (AvgIpc) is 2.88. The van der Waals surface area contributed by atoms with Gasteiger partial charge in [0.1, 0.15) is 0 Å². The molecule has 16 nitrogen and oxygen atoms in total. The van der Waals surface area contributed by atoms with Crippen LogP contribution < -0.4 is 16.4 Å². The Balaban J connectivity index is 2.39. The van der Waals surface area contributed by atoms with Crippen molar-refractivity contribution in [3.8, 4) is 5.95 Å². The van der Waals surface area contributed by atoms with E-state index in [1.165, 1.54) is 7.05 Å². The number of nitrogens with one attached hydrogen (secondary N) is 2. The van der Waals surface area contributed by atoms with Crippen LogP contribution in [0, 0.1) is 6.92 Å². The largest absolute Gasteiger partial charge is 0.382 e. The molecule has 0 amide bonds. The molecule has 0 aliphatic heterocycles. The molecule has 0 aliphatic rings. The van der Waals surface area contributed by atoms with Crippen molar-refractivity contribution in [1.82, 2.24) is 24.7 Å². The van der Waals surface area contributed by atoms with Gasteiger partial charge in [0.05, 0.1) is 17.2 Å². The molecule has 2 heterocycles. The SMILES string of the molecule is C/N=N\c1c(C)nn(-c2nc(NCCS(=O)(=O)O)nc(NCCS(=O)(=O)O)n2)c1N. The van der Waals surface area contributed by atoms with Crippen LogP contribution in [0.25, 0.3) is 5.95 Å². The molecule has 166 valence electrons. The Bertz CT molecular complexity index is 1090. The molecular formula is C12H20N10O6S2. The standard InChI is InChI=1S/C12H20N10O6S2/c1-7-8(20-14-2)9(13)22(21-7)12-18-10(15-3-5-29(23,24)25)17-11(19-12)16-4-6-30(26,27)28/h3-6,13H2,1-2H3,(H,23,24,25)(H,26,27,28)(H2,15,16,17,18,19)/b20-14-. The van der Waals surface area contributed by atoms with Crippen molar-refractivity contribution in [1.29, 1.82) is 0 Å². The first-order valence-corrected chi connectivity index (χ1v) is 11.4. The van der Waals surface area contributed by atoms with Crippen molar-refractivity contribution in [2.75, 3.05) is 48.0 Å². The van der Waals surface area contributed by atoms with E-state index >= 15 is 0 Å². The predicted octanol–water partition coefficient (Wildman–Crippen LogP) is -0.739. The van der Waals surface area contributed by atoms with E-state index in [-0.39, 0.29) is 36.8 Å². The third-order valence-corrected chi connectivity index (χ3v) is 4.80. The molecule has 6 N–H and O–H groups in total. The number of anilines is 3. The Hall–Kier alpha value is -2.96. The average molecular weight is 464 g/mol. The maximum Gasteiger partial charge on any atom is 0.266 e. The van der Waals surface area contributed by atoms with Gasteiger partial charge in [-0.1, -0.05) is 0 Å². The molecule has 0 radical (unpaired) electrons. The Morgan fingerprint density at radius 2 is 1.50 bits per heavy atom. The predicted molar refractivity (Wildman–Crippen MR) is 106 cm³/mol. The molecule has 2 rings (SSSR count). The molecule has 0 aliphatic carbocycles. The van der Waals surface area contributed by atoms with Crippen LogP contribution in [0.15, 0.2) is 10.2 Å². The van der Waals surface area contributed by atoms with Crippen molar-refractivity contribution in [2.24, 2.45) is 10.2 Å². The molecule has 0 saturated carbocycles. The van der Waals surface area contributed by atoms with Gasteiger partial charge in [-0.3, -0.25) is 9.11 Å². The molecule has 30 heavy (non-hydrogen) atoms. The lowest BCUT2D eigenvalue weighted by molar-refractivity contribution is 0.481. The first kappa shape index (κ1) is 23.3.